The van der Waals surface area contributed by atoms with Crippen LogP contribution < -0.4 is 5.46 Å². The zero-order valence-corrected chi connectivity index (χ0v) is 12.4. The highest BCUT2D eigenvalue weighted by Crippen LogP contribution is 2.37. The maximum absolute atomic E-state index is 14.3. The maximum Gasteiger partial charge on any atom is 0.497 e. The first-order valence-corrected chi connectivity index (χ1v) is 6.75. The largest absolute Gasteiger partial charge is 0.497 e. The second kappa shape index (κ2) is 4.09. The molecule has 1 aliphatic heterocycles. The van der Waals surface area contributed by atoms with Gasteiger partial charge in [0.15, 0.2) is 0 Å². The molecule has 1 aliphatic rings. The number of aryl methyl sites for hydroxylation is 1. The minimum atomic E-state index is -0.695. The van der Waals surface area contributed by atoms with E-state index in [0.29, 0.717) is 11.0 Å². The predicted molar refractivity (Wildman–Crippen MR) is 76.6 cm³/mol. The Kier molecular flexibility index (Phi) is 2.79. The Labute approximate surface area is 118 Å². The molecule has 0 bridgehead atoms. The van der Waals surface area contributed by atoms with Gasteiger partial charge < -0.3 is 13.7 Å². The van der Waals surface area contributed by atoms with Crippen LogP contribution in [0.3, 0.4) is 0 Å². The van der Waals surface area contributed by atoms with Crippen LogP contribution >= 0.6 is 0 Å². The van der Waals surface area contributed by atoms with E-state index in [1.807, 2.05) is 40.7 Å². The molecule has 2 heterocycles. The third-order valence-corrected chi connectivity index (χ3v) is 4.27. The SMILES string of the molecule is Cc1cc2cc(B3OC(C)(C)C(C)(C)O3)c(F)cc2o1. The predicted octanol–water partition coefficient (Wildman–Crippen LogP) is 3.18. The molecule has 0 unspecified atom stereocenters. The van der Waals surface area contributed by atoms with Crippen LogP contribution in [0.5, 0.6) is 0 Å². The highest BCUT2D eigenvalue weighted by Gasteiger charge is 2.52. The number of benzene rings is 1. The van der Waals surface area contributed by atoms with Crippen molar-refractivity contribution in [2.75, 3.05) is 0 Å². The highest BCUT2D eigenvalue weighted by atomic mass is 19.1. The Morgan fingerprint density at radius 1 is 1.00 bits per heavy atom. The van der Waals surface area contributed by atoms with E-state index >= 15 is 0 Å². The Bertz CT molecular complexity index is 659. The summed E-state index contributed by atoms with van der Waals surface area (Å²) in [5.41, 5.74) is -0.00580. The standard InChI is InChI=1S/C15H18BFO3/c1-9-6-10-7-11(12(17)8-13(10)18-9)16-19-14(2,3)15(4,5)20-16/h6-8H,1-5H3. The van der Waals surface area contributed by atoms with E-state index in [2.05, 4.69) is 0 Å². The number of hydrogen-bond donors (Lipinski definition) is 0. The molecule has 0 N–H and O–H groups in total. The van der Waals surface area contributed by atoms with Crippen molar-refractivity contribution in [1.82, 2.24) is 0 Å². The van der Waals surface area contributed by atoms with Gasteiger partial charge in [0, 0.05) is 16.9 Å². The quantitative estimate of drug-likeness (QED) is 0.750. The molecular formula is C15H18BFO3. The van der Waals surface area contributed by atoms with E-state index in [1.165, 1.54) is 6.07 Å². The minimum absolute atomic E-state index is 0.370. The Morgan fingerprint density at radius 2 is 1.60 bits per heavy atom. The summed E-state index contributed by atoms with van der Waals surface area (Å²) in [4.78, 5) is 0. The summed E-state index contributed by atoms with van der Waals surface area (Å²) in [6.07, 6.45) is 0. The lowest BCUT2D eigenvalue weighted by atomic mass is 9.78. The summed E-state index contributed by atoms with van der Waals surface area (Å²) in [5, 5.41) is 0.855. The van der Waals surface area contributed by atoms with Crippen molar-refractivity contribution >= 4 is 23.6 Å². The molecule has 0 atom stereocenters. The van der Waals surface area contributed by atoms with Crippen molar-refractivity contribution in [3.63, 3.8) is 0 Å². The molecule has 106 valence electrons. The summed E-state index contributed by atoms with van der Waals surface area (Å²) in [6, 6.07) is 5.01. The van der Waals surface area contributed by atoms with Crippen molar-refractivity contribution in [3.05, 3.63) is 29.8 Å². The van der Waals surface area contributed by atoms with E-state index in [4.69, 9.17) is 13.7 Å². The van der Waals surface area contributed by atoms with E-state index < -0.39 is 18.3 Å². The van der Waals surface area contributed by atoms with Gasteiger partial charge in [-0.2, -0.15) is 0 Å². The van der Waals surface area contributed by atoms with Gasteiger partial charge in [-0.3, -0.25) is 0 Å². The van der Waals surface area contributed by atoms with Crippen molar-refractivity contribution in [2.24, 2.45) is 0 Å². The summed E-state index contributed by atoms with van der Waals surface area (Å²) in [5.74, 6) is 0.385. The van der Waals surface area contributed by atoms with Gasteiger partial charge in [-0.25, -0.2) is 4.39 Å². The highest BCUT2D eigenvalue weighted by molar-refractivity contribution is 6.62. The third-order valence-electron chi connectivity index (χ3n) is 4.27. The summed E-state index contributed by atoms with van der Waals surface area (Å²) in [6.45, 7) is 9.64. The Hall–Kier alpha value is -1.33. The second-order valence-electron chi connectivity index (χ2n) is 6.36. The molecule has 2 aromatic rings. The molecule has 5 heteroatoms. The Balaban J connectivity index is 2.05. The van der Waals surface area contributed by atoms with Gasteiger partial charge in [-0.15, -0.1) is 0 Å². The van der Waals surface area contributed by atoms with E-state index in [1.54, 1.807) is 6.07 Å². The van der Waals surface area contributed by atoms with Crippen LogP contribution in [0.4, 0.5) is 4.39 Å². The number of halogens is 1. The summed E-state index contributed by atoms with van der Waals surface area (Å²) in [7, 11) is -0.695. The van der Waals surface area contributed by atoms with Crippen molar-refractivity contribution in [3.8, 4) is 0 Å². The van der Waals surface area contributed by atoms with Crippen molar-refractivity contribution in [2.45, 2.75) is 45.8 Å². The zero-order valence-electron chi connectivity index (χ0n) is 12.4. The average Bonchev–Trinajstić information content (AvgIpc) is 2.74. The van der Waals surface area contributed by atoms with Crippen molar-refractivity contribution in [1.29, 1.82) is 0 Å². The lowest BCUT2D eigenvalue weighted by molar-refractivity contribution is 0.00578. The van der Waals surface area contributed by atoms with Crippen LogP contribution in [0.15, 0.2) is 22.6 Å². The molecule has 20 heavy (non-hydrogen) atoms. The summed E-state index contributed by atoms with van der Waals surface area (Å²) >= 11 is 0. The zero-order chi connectivity index (χ0) is 14.7. The third kappa shape index (κ3) is 1.96. The van der Waals surface area contributed by atoms with E-state index in [9.17, 15) is 4.39 Å². The molecule has 0 radical (unpaired) electrons. The van der Waals surface area contributed by atoms with Crippen LogP contribution in [0.2, 0.25) is 0 Å². The van der Waals surface area contributed by atoms with Gasteiger partial charge in [0.2, 0.25) is 0 Å². The first kappa shape index (κ1) is 13.6. The number of hydrogen-bond acceptors (Lipinski definition) is 3. The van der Waals surface area contributed by atoms with Crippen LogP contribution in [0, 0.1) is 12.7 Å². The minimum Gasteiger partial charge on any atom is -0.461 e. The number of rotatable bonds is 1. The van der Waals surface area contributed by atoms with Crippen LogP contribution in [0.25, 0.3) is 11.0 Å². The van der Waals surface area contributed by atoms with E-state index in [0.717, 1.165) is 11.1 Å². The molecule has 0 aliphatic carbocycles. The van der Waals surface area contributed by atoms with Gasteiger partial charge in [0.25, 0.3) is 0 Å². The molecule has 0 spiro atoms. The van der Waals surface area contributed by atoms with Crippen molar-refractivity contribution < 1.29 is 18.1 Å². The molecule has 0 amide bonds. The second-order valence-corrected chi connectivity index (χ2v) is 6.36. The lowest BCUT2D eigenvalue weighted by Gasteiger charge is -2.32. The monoisotopic (exact) mass is 276 g/mol. The van der Waals surface area contributed by atoms with Crippen LogP contribution in [-0.4, -0.2) is 18.3 Å². The van der Waals surface area contributed by atoms with Gasteiger partial charge in [-0.05, 0) is 46.8 Å². The fourth-order valence-corrected chi connectivity index (χ4v) is 2.36. The van der Waals surface area contributed by atoms with Gasteiger partial charge in [0.1, 0.15) is 17.2 Å². The molecule has 3 nitrogen and oxygen atoms in total. The lowest BCUT2D eigenvalue weighted by Crippen LogP contribution is -2.41. The van der Waals surface area contributed by atoms with E-state index in [-0.39, 0.29) is 5.82 Å². The van der Waals surface area contributed by atoms with Crippen LogP contribution in [0.1, 0.15) is 33.5 Å². The fraction of sp³-hybridized carbons (Fsp3) is 0.467. The topological polar surface area (TPSA) is 31.6 Å². The molecule has 3 rings (SSSR count). The first-order chi connectivity index (χ1) is 9.19. The molecule has 1 saturated heterocycles. The number of fused-ring (bicyclic) bond motifs is 1. The molecule has 0 saturated carbocycles. The van der Waals surface area contributed by atoms with Crippen LogP contribution in [-0.2, 0) is 9.31 Å². The van der Waals surface area contributed by atoms with Gasteiger partial charge >= 0.3 is 7.12 Å². The summed E-state index contributed by atoms with van der Waals surface area (Å²) < 4.78 is 31.5. The maximum atomic E-state index is 14.3. The molecule has 1 aromatic heterocycles. The van der Waals surface area contributed by atoms with Gasteiger partial charge in [-0.1, -0.05) is 0 Å². The molecule has 1 aromatic carbocycles. The average molecular weight is 276 g/mol. The Morgan fingerprint density at radius 3 is 2.20 bits per heavy atom. The normalized spacial score (nSPS) is 20.8. The fourth-order valence-electron chi connectivity index (χ4n) is 2.36. The number of furan rings is 1. The molecule has 1 fully saturated rings. The smallest absolute Gasteiger partial charge is 0.461 e. The molecular weight excluding hydrogens is 258 g/mol. The first-order valence-electron chi connectivity index (χ1n) is 6.75. The van der Waals surface area contributed by atoms with Gasteiger partial charge in [0.05, 0.1) is 11.2 Å².